The Balaban J connectivity index is 2.50. The number of carbonyl (C=O) groups is 2. The number of hydrogen-bond acceptors (Lipinski definition) is 6. The van der Waals surface area contributed by atoms with Crippen LogP contribution >= 0.6 is 0 Å². The predicted molar refractivity (Wildman–Crippen MR) is 158 cm³/mol. The number of ether oxygens (including phenoxy) is 1. The summed E-state index contributed by atoms with van der Waals surface area (Å²) in [5.41, 5.74) is -6.24. The highest BCUT2D eigenvalue weighted by Gasteiger charge is 2.46. The van der Waals surface area contributed by atoms with Gasteiger partial charge in [0.2, 0.25) is 0 Å². The van der Waals surface area contributed by atoms with E-state index < -0.39 is 46.2 Å². The maximum Gasteiger partial charge on any atom is 0.516 e. The number of hydrogen-bond donors (Lipinski definition) is 3. The Bertz CT molecular complexity index is 1020. The van der Waals surface area contributed by atoms with Gasteiger partial charge in [-0.05, 0) is 12.5 Å². The molecule has 9 nitrogen and oxygen atoms in total. The van der Waals surface area contributed by atoms with Crippen LogP contribution in [-0.4, -0.2) is 55.8 Å². The van der Waals surface area contributed by atoms with E-state index in [2.05, 4.69) is 6.92 Å². The number of nitrogens with zero attached hydrogens (tertiary/aromatic N) is 1. The van der Waals surface area contributed by atoms with Crippen molar-refractivity contribution in [2.45, 2.75) is 115 Å². The first kappa shape index (κ1) is 37.3. The van der Waals surface area contributed by atoms with E-state index in [1.54, 1.807) is 0 Å². The number of benzene rings is 1. The summed E-state index contributed by atoms with van der Waals surface area (Å²) in [5.74, 6) is -2.78. The average Bonchev–Trinajstić information content (AvgIpc) is 2.88. The SMILES string of the molecule is CCCCCCCCCCCCCCCCCCOc1cc(NS(=O)(=O)C(F)(F)F)cc(N(CC(=O)O)CC(=O)O)c1. The van der Waals surface area contributed by atoms with E-state index in [-0.39, 0.29) is 18.0 Å². The van der Waals surface area contributed by atoms with Gasteiger partial charge in [0, 0.05) is 17.8 Å². The molecule has 3 N–H and O–H groups in total. The van der Waals surface area contributed by atoms with Crippen LogP contribution in [0.5, 0.6) is 5.75 Å². The van der Waals surface area contributed by atoms with Crippen LogP contribution in [0.1, 0.15) is 110 Å². The van der Waals surface area contributed by atoms with Crippen molar-refractivity contribution in [3.8, 4) is 5.75 Å². The number of unbranched alkanes of at least 4 members (excludes halogenated alkanes) is 15. The fourth-order valence-electron chi connectivity index (χ4n) is 4.53. The van der Waals surface area contributed by atoms with E-state index in [0.717, 1.165) is 42.7 Å². The third-order valence-corrected chi connectivity index (χ3v) is 7.85. The molecule has 0 heterocycles. The normalized spacial score (nSPS) is 11.8. The Morgan fingerprint density at radius 2 is 1.19 bits per heavy atom. The van der Waals surface area contributed by atoms with Crippen molar-refractivity contribution in [3.05, 3.63) is 18.2 Å². The summed E-state index contributed by atoms with van der Waals surface area (Å²) in [5, 5.41) is 18.3. The van der Waals surface area contributed by atoms with Crippen molar-refractivity contribution in [2.24, 2.45) is 0 Å². The highest BCUT2D eigenvalue weighted by molar-refractivity contribution is 7.93. The number of aliphatic carboxylic acids is 2. The molecule has 242 valence electrons. The van der Waals surface area contributed by atoms with Gasteiger partial charge in [-0.3, -0.25) is 14.3 Å². The minimum atomic E-state index is -5.77. The highest BCUT2D eigenvalue weighted by Crippen LogP contribution is 2.31. The summed E-state index contributed by atoms with van der Waals surface area (Å²) in [6.45, 7) is 0.874. The van der Waals surface area contributed by atoms with Gasteiger partial charge >= 0.3 is 27.5 Å². The third-order valence-electron chi connectivity index (χ3n) is 6.73. The number of halogens is 3. The first-order valence-corrected chi connectivity index (χ1v) is 16.4. The summed E-state index contributed by atoms with van der Waals surface area (Å²) >= 11 is 0. The van der Waals surface area contributed by atoms with Crippen molar-refractivity contribution < 1.29 is 46.1 Å². The maximum atomic E-state index is 12.9. The van der Waals surface area contributed by atoms with E-state index in [9.17, 15) is 31.2 Å². The summed E-state index contributed by atoms with van der Waals surface area (Å²) in [6, 6.07) is 3.24. The van der Waals surface area contributed by atoms with Gasteiger partial charge in [0.15, 0.2) is 0 Å². The summed E-state index contributed by atoms with van der Waals surface area (Å²) in [6.07, 6.45) is 19.1. The van der Waals surface area contributed by atoms with Crippen LogP contribution in [0.25, 0.3) is 0 Å². The van der Waals surface area contributed by atoms with Gasteiger partial charge in [0.1, 0.15) is 18.8 Å². The molecule has 0 aliphatic carbocycles. The highest BCUT2D eigenvalue weighted by atomic mass is 32.2. The van der Waals surface area contributed by atoms with Crippen molar-refractivity contribution in [1.82, 2.24) is 0 Å². The molecule has 0 amide bonds. The van der Waals surface area contributed by atoms with Gasteiger partial charge in [-0.2, -0.15) is 21.6 Å². The second-order valence-corrected chi connectivity index (χ2v) is 12.2. The van der Waals surface area contributed by atoms with Gasteiger partial charge in [0.25, 0.3) is 0 Å². The molecule has 1 rings (SSSR count). The molecule has 1 aromatic carbocycles. The smallest absolute Gasteiger partial charge is 0.493 e. The minimum absolute atomic E-state index is 0.0193. The minimum Gasteiger partial charge on any atom is -0.493 e. The van der Waals surface area contributed by atoms with Crippen LogP contribution in [0.2, 0.25) is 0 Å². The molecule has 0 bridgehead atoms. The Hall–Kier alpha value is -2.70. The van der Waals surface area contributed by atoms with Gasteiger partial charge in [-0.1, -0.05) is 103 Å². The molecule has 0 aromatic heterocycles. The molecule has 0 spiro atoms. The van der Waals surface area contributed by atoms with Gasteiger partial charge in [-0.25, -0.2) is 0 Å². The molecule has 0 atom stereocenters. The largest absolute Gasteiger partial charge is 0.516 e. The lowest BCUT2D eigenvalue weighted by atomic mass is 10.0. The molecule has 13 heteroatoms. The second-order valence-electron chi connectivity index (χ2n) is 10.6. The fraction of sp³-hybridized carbons (Fsp3) is 0.724. The summed E-state index contributed by atoms with van der Waals surface area (Å²) in [4.78, 5) is 23.3. The van der Waals surface area contributed by atoms with Crippen LogP contribution in [0, 0.1) is 0 Å². The van der Waals surface area contributed by atoms with Crippen LogP contribution in [0.3, 0.4) is 0 Å². The van der Waals surface area contributed by atoms with Crippen molar-refractivity contribution in [3.63, 3.8) is 0 Å². The third kappa shape index (κ3) is 16.7. The van der Waals surface area contributed by atoms with E-state index in [1.807, 2.05) is 0 Å². The fourth-order valence-corrected chi connectivity index (χ4v) is 5.07. The monoisotopic (exact) mass is 624 g/mol. The summed E-state index contributed by atoms with van der Waals surface area (Å²) in [7, 11) is -5.77. The molecule has 0 fully saturated rings. The molecule has 42 heavy (non-hydrogen) atoms. The van der Waals surface area contributed by atoms with Crippen LogP contribution in [-0.2, 0) is 19.6 Å². The molecule has 0 saturated heterocycles. The standard InChI is InChI=1S/C29H47F3N2O7S/c1-2-3-4-5-6-7-8-9-10-11-12-13-14-15-16-17-18-41-26-20-24(33-42(39,40)29(30,31)32)19-25(21-26)34(22-27(35)36)23-28(37)38/h19-21,33H,2-18,22-23H2,1H3,(H,35,36)(H,37,38). The molecule has 0 saturated carbocycles. The van der Waals surface area contributed by atoms with E-state index >= 15 is 0 Å². The number of nitrogens with one attached hydrogen (secondary N) is 1. The Kier molecular flexibility index (Phi) is 18.0. The number of alkyl halides is 3. The van der Waals surface area contributed by atoms with Crippen molar-refractivity contribution in [1.29, 1.82) is 0 Å². The maximum absolute atomic E-state index is 12.9. The van der Waals surface area contributed by atoms with Crippen LogP contribution in [0.15, 0.2) is 18.2 Å². The quantitative estimate of drug-likeness (QED) is 0.0949. The number of sulfonamides is 1. The van der Waals surface area contributed by atoms with Crippen LogP contribution in [0.4, 0.5) is 24.5 Å². The van der Waals surface area contributed by atoms with Gasteiger partial charge in [0.05, 0.1) is 12.3 Å². The molecule has 0 radical (unpaired) electrons. The Morgan fingerprint density at radius 1 is 0.762 bits per heavy atom. The first-order chi connectivity index (χ1) is 19.9. The second kappa shape index (κ2) is 20.2. The first-order valence-electron chi connectivity index (χ1n) is 14.9. The zero-order valence-electron chi connectivity index (χ0n) is 24.6. The van der Waals surface area contributed by atoms with Crippen LogP contribution < -0.4 is 14.4 Å². The van der Waals surface area contributed by atoms with E-state index in [0.29, 0.717) is 6.42 Å². The lowest BCUT2D eigenvalue weighted by Crippen LogP contribution is -2.34. The zero-order valence-corrected chi connectivity index (χ0v) is 25.4. The lowest BCUT2D eigenvalue weighted by molar-refractivity contribution is -0.136. The van der Waals surface area contributed by atoms with E-state index in [4.69, 9.17) is 14.9 Å². The van der Waals surface area contributed by atoms with Gasteiger partial charge in [-0.15, -0.1) is 0 Å². The Morgan fingerprint density at radius 3 is 1.60 bits per heavy atom. The van der Waals surface area contributed by atoms with Crippen molar-refractivity contribution >= 4 is 33.3 Å². The molecular weight excluding hydrogens is 577 g/mol. The molecular formula is C29H47F3N2O7S. The number of carboxylic acids is 2. The van der Waals surface area contributed by atoms with Crippen molar-refractivity contribution in [2.75, 3.05) is 29.3 Å². The topological polar surface area (TPSA) is 133 Å². The average molecular weight is 625 g/mol. The predicted octanol–water partition coefficient (Wildman–Crippen LogP) is 7.56. The number of anilines is 2. The Labute approximate surface area is 247 Å². The number of rotatable bonds is 25. The summed E-state index contributed by atoms with van der Waals surface area (Å²) < 4.78 is 69.0. The molecule has 0 unspecified atom stereocenters. The zero-order chi connectivity index (χ0) is 31.4. The molecule has 0 aliphatic heterocycles. The number of carboxylic acid groups (broad SMARTS) is 2. The molecule has 1 aromatic rings. The van der Waals surface area contributed by atoms with E-state index in [1.165, 1.54) is 81.4 Å². The van der Waals surface area contributed by atoms with Gasteiger partial charge < -0.3 is 19.8 Å². The molecule has 0 aliphatic rings. The lowest BCUT2D eigenvalue weighted by Gasteiger charge is -2.23.